The van der Waals surface area contributed by atoms with Crippen molar-refractivity contribution in [1.82, 2.24) is 4.98 Å². The van der Waals surface area contributed by atoms with E-state index in [0.29, 0.717) is 5.69 Å². The van der Waals surface area contributed by atoms with Crippen LogP contribution in [0.5, 0.6) is 0 Å². The van der Waals surface area contributed by atoms with E-state index < -0.39 is 11.9 Å². The molecule has 104 valence electrons. The average Bonchev–Trinajstić information content (AvgIpc) is 2.49. The zero-order chi connectivity index (χ0) is 15.2. The minimum Gasteiger partial charge on any atom is -0.478 e. The second-order valence-corrected chi connectivity index (χ2v) is 4.19. The Morgan fingerprint density at radius 2 is 1.95 bits per heavy atom. The number of aromatic carboxylic acids is 1. The fourth-order valence-corrected chi connectivity index (χ4v) is 1.75. The Bertz CT molecular complexity index is 718. The Balaban J connectivity index is 2.19. The second-order valence-electron chi connectivity index (χ2n) is 4.19. The smallest absolute Gasteiger partial charge is 0.338 e. The summed E-state index contributed by atoms with van der Waals surface area (Å²) in [7, 11) is 0. The summed E-state index contributed by atoms with van der Waals surface area (Å²) in [5.74, 6) is -1.81. The molecule has 0 aliphatic rings. The first kappa shape index (κ1) is 14.2. The van der Waals surface area contributed by atoms with Crippen LogP contribution in [0, 0.1) is 11.3 Å². The van der Waals surface area contributed by atoms with Gasteiger partial charge in [0.25, 0.3) is 5.91 Å². The van der Waals surface area contributed by atoms with Gasteiger partial charge in [-0.05, 0) is 29.8 Å². The molecule has 2 N–H and O–H groups in total. The molecule has 0 spiro atoms. The molecule has 1 aromatic heterocycles. The van der Waals surface area contributed by atoms with E-state index in [4.69, 9.17) is 10.4 Å². The van der Waals surface area contributed by atoms with Crippen LogP contribution in [0.25, 0.3) is 0 Å². The van der Waals surface area contributed by atoms with E-state index in [0.717, 1.165) is 5.56 Å². The summed E-state index contributed by atoms with van der Waals surface area (Å²) in [6.07, 6.45) is 1.65. The predicted octanol–water partition coefficient (Wildman–Crippen LogP) is 2.10. The van der Waals surface area contributed by atoms with Crippen LogP contribution in [0.15, 0.2) is 42.6 Å². The molecule has 2 rings (SSSR count). The first-order chi connectivity index (χ1) is 10.1. The summed E-state index contributed by atoms with van der Waals surface area (Å²) in [5, 5.41) is 20.2. The Kier molecular flexibility index (Phi) is 4.26. The molecule has 0 bridgehead atoms. The van der Waals surface area contributed by atoms with E-state index in [9.17, 15) is 9.59 Å². The summed E-state index contributed by atoms with van der Waals surface area (Å²) < 4.78 is 0. The number of carboxylic acids is 1. The van der Waals surface area contributed by atoms with Crippen molar-refractivity contribution in [2.75, 3.05) is 5.32 Å². The maximum absolute atomic E-state index is 12.1. The average molecular weight is 281 g/mol. The van der Waals surface area contributed by atoms with Crippen molar-refractivity contribution in [2.24, 2.45) is 0 Å². The van der Waals surface area contributed by atoms with E-state index in [1.165, 1.54) is 18.3 Å². The van der Waals surface area contributed by atoms with Crippen molar-refractivity contribution in [3.05, 3.63) is 59.4 Å². The summed E-state index contributed by atoms with van der Waals surface area (Å²) in [6, 6.07) is 11.5. The number of pyridine rings is 1. The maximum atomic E-state index is 12.1. The Hall–Kier alpha value is -3.20. The number of carbonyl (C=O) groups excluding carboxylic acids is 1. The molecule has 6 heteroatoms. The summed E-state index contributed by atoms with van der Waals surface area (Å²) in [6.45, 7) is 0. The molecule has 1 amide bonds. The van der Waals surface area contributed by atoms with E-state index in [-0.39, 0.29) is 17.7 Å². The lowest BCUT2D eigenvalue weighted by molar-refractivity contribution is 0.0691. The number of rotatable bonds is 4. The van der Waals surface area contributed by atoms with Crippen molar-refractivity contribution in [1.29, 1.82) is 5.26 Å². The Morgan fingerprint density at radius 3 is 2.57 bits per heavy atom. The zero-order valence-electron chi connectivity index (χ0n) is 10.9. The quantitative estimate of drug-likeness (QED) is 0.893. The molecule has 0 aliphatic carbocycles. The van der Waals surface area contributed by atoms with Gasteiger partial charge >= 0.3 is 5.97 Å². The lowest BCUT2D eigenvalue weighted by Gasteiger charge is -2.07. The van der Waals surface area contributed by atoms with Crippen LogP contribution in [0.1, 0.15) is 26.4 Å². The van der Waals surface area contributed by atoms with E-state index in [1.54, 1.807) is 24.3 Å². The summed E-state index contributed by atoms with van der Waals surface area (Å²) >= 11 is 0. The van der Waals surface area contributed by atoms with Gasteiger partial charge in [0, 0.05) is 11.9 Å². The number of carbonyl (C=O) groups is 2. The number of benzene rings is 1. The van der Waals surface area contributed by atoms with Crippen LogP contribution >= 0.6 is 0 Å². The summed E-state index contributed by atoms with van der Waals surface area (Å²) in [4.78, 5) is 26.9. The number of aromatic nitrogens is 1. The molecule has 21 heavy (non-hydrogen) atoms. The third-order valence-corrected chi connectivity index (χ3v) is 2.75. The van der Waals surface area contributed by atoms with Crippen LogP contribution < -0.4 is 5.32 Å². The minimum absolute atomic E-state index is 0.147. The topological polar surface area (TPSA) is 103 Å². The molecule has 0 unspecified atom stereocenters. The number of hydrogen-bond donors (Lipinski definition) is 2. The fourth-order valence-electron chi connectivity index (χ4n) is 1.75. The maximum Gasteiger partial charge on any atom is 0.338 e. The van der Waals surface area contributed by atoms with Crippen LogP contribution in [-0.2, 0) is 6.42 Å². The molecule has 0 radical (unpaired) electrons. The van der Waals surface area contributed by atoms with E-state index in [1.807, 2.05) is 6.07 Å². The molecule has 0 saturated carbocycles. The van der Waals surface area contributed by atoms with Gasteiger partial charge in [-0.25, -0.2) is 4.79 Å². The number of carboxylic acid groups (broad SMARTS) is 1. The van der Waals surface area contributed by atoms with Crippen molar-refractivity contribution in [2.45, 2.75) is 6.42 Å². The lowest BCUT2D eigenvalue weighted by atomic mass is 10.1. The van der Waals surface area contributed by atoms with Crippen LogP contribution in [0.3, 0.4) is 0 Å². The van der Waals surface area contributed by atoms with Gasteiger partial charge in [-0.15, -0.1) is 0 Å². The third-order valence-electron chi connectivity index (χ3n) is 2.75. The van der Waals surface area contributed by atoms with Gasteiger partial charge in [-0.3, -0.25) is 9.78 Å². The molecule has 1 heterocycles. The summed E-state index contributed by atoms with van der Waals surface area (Å²) in [5.41, 5.74) is 1.03. The van der Waals surface area contributed by atoms with Crippen molar-refractivity contribution < 1.29 is 14.7 Å². The van der Waals surface area contributed by atoms with Crippen molar-refractivity contribution in [3.63, 3.8) is 0 Å². The molecule has 6 nitrogen and oxygen atoms in total. The molecule has 2 aromatic rings. The molecule has 0 fully saturated rings. The number of nitrogens with one attached hydrogen (secondary N) is 1. The highest BCUT2D eigenvalue weighted by Crippen LogP contribution is 2.13. The van der Waals surface area contributed by atoms with Gasteiger partial charge in [0.1, 0.15) is 5.69 Å². The largest absolute Gasteiger partial charge is 0.478 e. The predicted molar refractivity (Wildman–Crippen MR) is 74.9 cm³/mol. The third kappa shape index (κ3) is 3.42. The number of nitriles is 1. The first-order valence-corrected chi connectivity index (χ1v) is 6.07. The van der Waals surface area contributed by atoms with Gasteiger partial charge in [0.15, 0.2) is 0 Å². The highest BCUT2D eigenvalue weighted by atomic mass is 16.4. The molecule has 0 atom stereocenters. The molecule has 0 saturated heterocycles. The van der Waals surface area contributed by atoms with Crippen molar-refractivity contribution >= 4 is 17.6 Å². The Morgan fingerprint density at radius 1 is 1.24 bits per heavy atom. The van der Waals surface area contributed by atoms with Gasteiger partial charge in [0.05, 0.1) is 18.1 Å². The normalized spacial score (nSPS) is 9.67. The SMILES string of the molecule is N#CCc1ccc(NC(=O)c2ncccc2C(=O)O)cc1. The molecular weight excluding hydrogens is 270 g/mol. The van der Waals surface area contributed by atoms with Gasteiger partial charge in [-0.2, -0.15) is 5.26 Å². The zero-order valence-corrected chi connectivity index (χ0v) is 10.9. The van der Waals surface area contributed by atoms with E-state index >= 15 is 0 Å². The number of anilines is 1. The minimum atomic E-state index is -1.21. The molecule has 0 aliphatic heterocycles. The van der Waals surface area contributed by atoms with Crippen LogP contribution in [0.4, 0.5) is 5.69 Å². The number of nitrogens with zero attached hydrogens (tertiary/aromatic N) is 2. The van der Waals surface area contributed by atoms with Crippen LogP contribution in [0.2, 0.25) is 0 Å². The number of hydrogen-bond acceptors (Lipinski definition) is 4. The number of amides is 1. The lowest BCUT2D eigenvalue weighted by Crippen LogP contribution is -2.18. The van der Waals surface area contributed by atoms with Crippen LogP contribution in [-0.4, -0.2) is 22.0 Å². The highest BCUT2D eigenvalue weighted by molar-refractivity contribution is 6.09. The van der Waals surface area contributed by atoms with E-state index in [2.05, 4.69) is 10.3 Å². The monoisotopic (exact) mass is 281 g/mol. The second kappa shape index (κ2) is 6.30. The van der Waals surface area contributed by atoms with Crippen molar-refractivity contribution in [3.8, 4) is 6.07 Å². The highest BCUT2D eigenvalue weighted by Gasteiger charge is 2.17. The van der Waals surface area contributed by atoms with Gasteiger partial charge in [-0.1, -0.05) is 12.1 Å². The van der Waals surface area contributed by atoms with Gasteiger partial charge < -0.3 is 10.4 Å². The van der Waals surface area contributed by atoms with Gasteiger partial charge in [0.2, 0.25) is 0 Å². The molecule has 1 aromatic carbocycles. The standard InChI is InChI=1S/C15H11N3O3/c16-8-7-10-3-5-11(6-4-10)18-14(19)13-12(15(20)21)2-1-9-17-13/h1-6,9H,7H2,(H,18,19)(H,20,21). The first-order valence-electron chi connectivity index (χ1n) is 6.07. The Labute approximate surface area is 120 Å². The fraction of sp³-hybridized carbons (Fsp3) is 0.0667. The molecular formula is C15H11N3O3.